The van der Waals surface area contributed by atoms with Gasteiger partial charge in [-0.2, -0.15) is 0 Å². The number of halogens is 1. The van der Waals surface area contributed by atoms with Gasteiger partial charge in [0.15, 0.2) is 0 Å². The van der Waals surface area contributed by atoms with Crippen molar-refractivity contribution in [3.05, 3.63) is 83.2 Å². The summed E-state index contributed by atoms with van der Waals surface area (Å²) in [6.45, 7) is 4.27. The van der Waals surface area contributed by atoms with Crippen molar-refractivity contribution >= 4 is 23.3 Å². The van der Waals surface area contributed by atoms with Gasteiger partial charge in [-0.25, -0.2) is 4.39 Å². The van der Waals surface area contributed by atoms with E-state index < -0.39 is 24.6 Å². The molecule has 0 amide bonds. The van der Waals surface area contributed by atoms with Crippen LogP contribution in [0.15, 0.2) is 71.2 Å². The molecule has 0 fully saturated rings. The Bertz CT molecular complexity index is 1020. The topological polar surface area (TPSA) is 77.8 Å². The molecule has 0 radical (unpaired) electrons. The van der Waals surface area contributed by atoms with E-state index in [0.29, 0.717) is 0 Å². The van der Waals surface area contributed by atoms with Gasteiger partial charge in [0.1, 0.15) is 5.82 Å². The normalized spacial score (nSPS) is 16.8. The maximum absolute atomic E-state index is 13.7. The van der Waals surface area contributed by atoms with Crippen molar-refractivity contribution in [3.8, 4) is 0 Å². The summed E-state index contributed by atoms with van der Waals surface area (Å²) in [4.78, 5) is 12.0. The molecule has 0 spiro atoms. The fraction of sp³-hybridized carbons (Fsp3) is 0.346. The smallest absolute Gasteiger partial charge is 1.00 e. The first kappa shape index (κ1) is 27.8. The Morgan fingerprint density at radius 1 is 1.12 bits per heavy atom. The largest absolute Gasteiger partial charge is 1.00 e. The minimum atomic E-state index is -1.12. The van der Waals surface area contributed by atoms with Crippen molar-refractivity contribution in [2.24, 2.45) is 0 Å². The van der Waals surface area contributed by atoms with Crippen molar-refractivity contribution in [2.45, 2.75) is 61.4 Å². The zero-order valence-corrected chi connectivity index (χ0v) is 22.1. The first-order valence-electron chi connectivity index (χ1n) is 10.8. The van der Waals surface area contributed by atoms with Crippen LogP contribution in [0.25, 0.3) is 5.57 Å². The van der Waals surface area contributed by atoms with E-state index in [4.69, 9.17) is 5.11 Å². The molecule has 0 bridgehead atoms. The van der Waals surface area contributed by atoms with Gasteiger partial charge in [-0.1, -0.05) is 56.3 Å². The number of thioether (sulfide) groups is 1. The van der Waals surface area contributed by atoms with Crippen LogP contribution in [0.3, 0.4) is 0 Å². The number of aliphatic hydroxyl groups excluding tert-OH is 2. The maximum Gasteiger partial charge on any atom is 1.00 e. The number of carboxylic acids is 1. The summed E-state index contributed by atoms with van der Waals surface area (Å²) in [6, 6.07) is 14.6. The maximum atomic E-state index is 13.7. The molecular formula is C26H30FNaO4S. The van der Waals surface area contributed by atoms with Crippen LogP contribution in [-0.4, -0.2) is 38.2 Å². The molecule has 1 aliphatic heterocycles. The quantitative estimate of drug-likeness (QED) is 0.481. The standard InChI is InChI=1S/C26H29FO4S.Na.H/c1-3-26(4-2)22(14-13-19(28)15-20(29)16-24(30)31)25(17-9-11-18(27)12-10-17)21-7-5-6-8-23(21)32-26;;/h5-14,19-20,28-29H,3-4,15-16H2,1-2H3,(H,30,31);;/q;+1;-1/t19-,20-;;/m1../s1. The molecule has 1 aliphatic rings. The van der Waals surface area contributed by atoms with E-state index in [-0.39, 0.29) is 48.0 Å². The molecular weight excluding hydrogens is 450 g/mol. The van der Waals surface area contributed by atoms with Gasteiger partial charge in [0.25, 0.3) is 0 Å². The molecule has 0 aliphatic carbocycles. The summed E-state index contributed by atoms with van der Waals surface area (Å²) in [5.74, 6) is -1.41. The number of benzene rings is 2. The van der Waals surface area contributed by atoms with Crippen LogP contribution in [0.5, 0.6) is 0 Å². The molecule has 2 atom stereocenters. The fourth-order valence-electron chi connectivity index (χ4n) is 4.19. The van der Waals surface area contributed by atoms with E-state index in [1.807, 2.05) is 18.2 Å². The summed E-state index contributed by atoms with van der Waals surface area (Å²) in [7, 11) is 0. The molecule has 0 saturated carbocycles. The van der Waals surface area contributed by atoms with Gasteiger partial charge >= 0.3 is 35.5 Å². The molecule has 0 aromatic heterocycles. The third-order valence-electron chi connectivity index (χ3n) is 5.91. The number of aliphatic hydroxyl groups is 2. The number of rotatable bonds is 9. The summed E-state index contributed by atoms with van der Waals surface area (Å²) >= 11 is 1.80. The second kappa shape index (κ2) is 12.3. The van der Waals surface area contributed by atoms with Crippen LogP contribution in [0.2, 0.25) is 0 Å². The fourth-order valence-corrected chi connectivity index (χ4v) is 5.60. The van der Waals surface area contributed by atoms with E-state index in [1.54, 1.807) is 30.0 Å². The van der Waals surface area contributed by atoms with Gasteiger partial charge in [-0.3, -0.25) is 4.79 Å². The molecule has 2 aromatic rings. The summed E-state index contributed by atoms with van der Waals surface area (Å²) in [6.07, 6.45) is 2.64. The van der Waals surface area contributed by atoms with Gasteiger partial charge in [0.2, 0.25) is 0 Å². The van der Waals surface area contributed by atoms with E-state index in [9.17, 15) is 19.4 Å². The second-order valence-corrected chi connectivity index (χ2v) is 9.43. The van der Waals surface area contributed by atoms with Gasteiger partial charge in [-0.15, -0.1) is 11.8 Å². The van der Waals surface area contributed by atoms with Crippen molar-refractivity contribution in [1.82, 2.24) is 0 Å². The van der Waals surface area contributed by atoms with E-state index in [2.05, 4.69) is 26.0 Å². The molecule has 3 rings (SSSR count). The van der Waals surface area contributed by atoms with E-state index in [1.165, 1.54) is 12.1 Å². The van der Waals surface area contributed by atoms with Crippen LogP contribution in [-0.2, 0) is 4.79 Å². The predicted octanol–water partition coefficient (Wildman–Crippen LogP) is 2.55. The molecule has 7 heteroatoms. The number of allylic oxidation sites excluding steroid dienone is 1. The Labute approximate surface area is 222 Å². The number of carbonyl (C=O) groups is 1. The summed E-state index contributed by atoms with van der Waals surface area (Å²) < 4.78 is 13.4. The molecule has 2 aromatic carbocycles. The van der Waals surface area contributed by atoms with Crippen molar-refractivity contribution in [2.75, 3.05) is 0 Å². The Morgan fingerprint density at radius 2 is 1.76 bits per heavy atom. The van der Waals surface area contributed by atoms with Gasteiger partial charge in [0, 0.05) is 16.1 Å². The van der Waals surface area contributed by atoms with Crippen LogP contribution >= 0.6 is 11.8 Å². The molecule has 0 unspecified atom stereocenters. The van der Waals surface area contributed by atoms with E-state index in [0.717, 1.165) is 40.0 Å². The first-order chi connectivity index (χ1) is 15.3. The number of carboxylic acid groups (broad SMARTS) is 1. The average Bonchev–Trinajstić information content (AvgIpc) is 2.76. The monoisotopic (exact) mass is 480 g/mol. The van der Waals surface area contributed by atoms with Crippen LogP contribution in [0, 0.1) is 5.82 Å². The number of hydrogen-bond acceptors (Lipinski definition) is 4. The molecule has 33 heavy (non-hydrogen) atoms. The minimum absolute atomic E-state index is 0. The summed E-state index contributed by atoms with van der Waals surface area (Å²) in [5, 5.41) is 29.2. The molecule has 3 N–H and O–H groups in total. The third kappa shape index (κ3) is 6.59. The van der Waals surface area contributed by atoms with Gasteiger partial charge < -0.3 is 16.7 Å². The Balaban J connectivity index is 0.00000289. The minimum Gasteiger partial charge on any atom is -1.00 e. The Hall–Kier alpha value is -1.41. The summed E-state index contributed by atoms with van der Waals surface area (Å²) in [5.41, 5.74) is 3.98. The molecule has 0 saturated heterocycles. The van der Waals surface area contributed by atoms with Crippen molar-refractivity contribution in [1.29, 1.82) is 0 Å². The third-order valence-corrected chi connectivity index (χ3v) is 7.67. The number of fused-ring (bicyclic) bond motifs is 1. The number of hydrogen-bond donors (Lipinski definition) is 3. The van der Waals surface area contributed by atoms with Crippen LogP contribution < -0.4 is 29.6 Å². The van der Waals surface area contributed by atoms with Crippen molar-refractivity contribution < 1.29 is 55.5 Å². The Morgan fingerprint density at radius 3 is 2.36 bits per heavy atom. The zero-order chi connectivity index (χ0) is 23.3. The SMILES string of the molecule is CCC1(CC)Sc2ccccc2C(c2ccc(F)cc2)=C1C=C[C@@H](O)C[C@@H](O)CC(=O)O.[H-].[Na+]. The molecule has 172 valence electrons. The van der Waals surface area contributed by atoms with Gasteiger partial charge in [0.05, 0.1) is 18.6 Å². The predicted molar refractivity (Wildman–Crippen MR) is 127 cm³/mol. The zero-order valence-electron chi connectivity index (χ0n) is 20.3. The first-order valence-corrected chi connectivity index (χ1v) is 11.7. The van der Waals surface area contributed by atoms with Gasteiger partial charge in [-0.05, 0) is 53.3 Å². The Kier molecular flexibility index (Phi) is 10.4. The van der Waals surface area contributed by atoms with Crippen molar-refractivity contribution in [3.63, 3.8) is 0 Å². The van der Waals surface area contributed by atoms with E-state index >= 15 is 0 Å². The van der Waals surface area contributed by atoms with Crippen LogP contribution in [0.1, 0.15) is 52.1 Å². The number of aliphatic carboxylic acids is 1. The average molecular weight is 481 g/mol. The molecule has 4 nitrogen and oxygen atoms in total. The van der Waals surface area contributed by atoms with Crippen LogP contribution in [0.4, 0.5) is 4.39 Å². The molecule has 1 heterocycles. The second-order valence-electron chi connectivity index (χ2n) is 8.01.